The second kappa shape index (κ2) is 7.97. The Morgan fingerprint density at radius 2 is 2.07 bits per heavy atom. The molecule has 8 nitrogen and oxygen atoms in total. The van der Waals surface area contributed by atoms with Gasteiger partial charge >= 0.3 is 0 Å². The van der Waals surface area contributed by atoms with Gasteiger partial charge in [0.15, 0.2) is 0 Å². The molecule has 1 fully saturated rings. The van der Waals surface area contributed by atoms with Crippen molar-refractivity contribution in [2.24, 2.45) is 5.73 Å². The minimum absolute atomic E-state index is 0.0142. The molecule has 3 N–H and O–H groups in total. The lowest BCUT2D eigenvalue weighted by Crippen LogP contribution is -2.56. The third-order valence-electron chi connectivity index (χ3n) is 5.89. The molecule has 0 amide bonds. The van der Waals surface area contributed by atoms with Gasteiger partial charge in [-0.2, -0.15) is 9.19 Å². The first-order valence-electron chi connectivity index (χ1n) is 9.75. The van der Waals surface area contributed by atoms with E-state index >= 15 is 0 Å². The SMILES string of the molecule is CS(=O)(=O)n1cc2c(n1)CN([C@@H]1C[C@H](N)C(c3cc(F)ccc3F)N(CCO)C1)C2. The summed E-state index contributed by atoms with van der Waals surface area (Å²) in [5.41, 5.74) is 8.19. The molecule has 4 rings (SSSR count). The van der Waals surface area contributed by atoms with E-state index in [1.54, 1.807) is 0 Å². The molecule has 1 saturated heterocycles. The predicted octanol–water partition coefficient (Wildman–Crippen LogP) is 0.420. The molecule has 0 radical (unpaired) electrons. The number of aromatic nitrogens is 2. The largest absolute Gasteiger partial charge is 0.395 e. The molecular weight excluding hydrogens is 416 g/mol. The molecule has 3 atom stereocenters. The first kappa shape index (κ1) is 21.3. The fraction of sp³-hybridized carbons (Fsp3) is 0.526. The van der Waals surface area contributed by atoms with Crippen LogP contribution in [-0.4, -0.2) is 70.5 Å². The zero-order valence-electron chi connectivity index (χ0n) is 16.6. The van der Waals surface area contributed by atoms with Gasteiger partial charge in [0.1, 0.15) is 11.6 Å². The molecule has 1 unspecified atom stereocenters. The van der Waals surface area contributed by atoms with Crippen molar-refractivity contribution >= 4 is 10.0 Å². The number of β-amino-alcohol motifs (C(OH)–C–C–N with tert-alkyl or cyclic N) is 1. The van der Waals surface area contributed by atoms with E-state index in [0.717, 1.165) is 28.0 Å². The molecule has 2 aliphatic rings. The average molecular weight is 442 g/mol. The minimum Gasteiger partial charge on any atom is -0.395 e. The number of aliphatic hydroxyl groups excluding tert-OH is 1. The van der Waals surface area contributed by atoms with Crippen LogP contribution in [0, 0.1) is 11.6 Å². The van der Waals surface area contributed by atoms with Gasteiger partial charge in [0, 0.05) is 55.6 Å². The Labute approximate surface area is 173 Å². The van der Waals surface area contributed by atoms with Crippen molar-refractivity contribution in [1.82, 2.24) is 19.0 Å². The van der Waals surface area contributed by atoms with Crippen molar-refractivity contribution in [2.45, 2.75) is 37.6 Å². The topological polar surface area (TPSA) is 105 Å². The molecular formula is C19H25F2N5O3S. The zero-order chi connectivity index (χ0) is 21.6. The van der Waals surface area contributed by atoms with Crippen molar-refractivity contribution in [2.75, 3.05) is 26.0 Å². The van der Waals surface area contributed by atoms with Crippen LogP contribution in [0.3, 0.4) is 0 Å². The summed E-state index contributed by atoms with van der Waals surface area (Å²) >= 11 is 0. The quantitative estimate of drug-likeness (QED) is 0.693. The molecule has 11 heteroatoms. The molecule has 0 bridgehead atoms. The maximum Gasteiger partial charge on any atom is 0.250 e. The number of hydrogen-bond acceptors (Lipinski definition) is 7. The van der Waals surface area contributed by atoms with Gasteiger partial charge in [0.2, 0.25) is 0 Å². The van der Waals surface area contributed by atoms with E-state index in [1.807, 2.05) is 4.90 Å². The van der Waals surface area contributed by atoms with Gasteiger partial charge < -0.3 is 10.8 Å². The van der Waals surface area contributed by atoms with E-state index in [9.17, 15) is 22.3 Å². The van der Waals surface area contributed by atoms with Crippen molar-refractivity contribution in [3.8, 4) is 0 Å². The average Bonchev–Trinajstić information content (AvgIpc) is 3.23. The lowest BCUT2D eigenvalue weighted by atomic mass is 9.87. The van der Waals surface area contributed by atoms with E-state index in [4.69, 9.17) is 5.73 Å². The highest BCUT2D eigenvalue weighted by Gasteiger charge is 2.40. The smallest absolute Gasteiger partial charge is 0.250 e. The van der Waals surface area contributed by atoms with Crippen LogP contribution in [0.1, 0.15) is 29.3 Å². The van der Waals surface area contributed by atoms with E-state index in [-0.39, 0.29) is 24.8 Å². The maximum atomic E-state index is 14.4. The Morgan fingerprint density at radius 3 is 2.73 bits per heavy atom. The molecule has 2 aromatic rings. The summed E-state index contributed by atoms with van der Waals surface area (Å²) in [7, 11) is -3.43. The fourth-order valence-corrected chi connectivity index (χ4v) is 5.11. The Bertz CT molecular complexity index is 1020. The van der Waals surface area contributed by atoms with Crippen LogP contribution in [0.25, 0.3) is 0 Å². The fourth-order valence-electron chi connectivity index (χ4n) is 4.54. The number of aliphatic hydroxyl groups is 1. The summed E-state index contributed by atoms with van der Waals surface area (Å²) in [6.07, 6.45) is 3.19. The lowest BCUT2D eigenvalue weighted by Gasteiger charge is -2.46. The molecule has 3 heterocycles. The molecule has 2 aliphatic heterocycles. The maximum absolute atomic E-state index is 14.4. The number of piperidine rings is 1. The van der Waals surface area contributed by atoms with E-state index in [0.29, 0.717) is 31.7 Å². The second-order valence-corrected chi connectivity index (χ2v) is 9.86. The van der Waals surface area contributed by atoms with Crippen LogP contribution in [-0.2, 0) is 23.1 Å². The molecule has 30 heavy (non-hydrogen) atoms. The molecule has 1 aromatic heterocycles. The van der Waals surface area contributed by atoms with Gasteiger partial charge in [-0.3, -0.25) is 9.80 Å². The van der Waals surface area contributed by atoms with Gasteiger partial charge in [-0.05, 0) is 24.6 Å². The number of fused-ring (bicyclic) bond motifs is 1. The van der Waals surface area contributed by atoms with Crippen LogP contribution in [0.15, 0.2) is 24.4 Å². The summed E-state index contributed by atoms with van der Waals surface area (Å²) in [5.74, 6) is -1.05. The number of rotatable bonds is 5. The number of halogens is 2. The van der Waals surface area contributed by atoms with Gasteiger partial charge in [-0.1, -0.05) is 0 Å². The standard InChI is InChI=1S/C19H25F2N5O3S/c1-30(28,29)26-9-12-8-25(11-18(12)23-26)14-7-17(22)19(24(10-14)4-5-27)15-6-13(20)2-3-16(15)21/h2-3,6,9,14,17,19,27H,4-5,7-8,10-11,22H2,1H3/t14-,17+,19?/m1/s1. The number of hydrogen-bond donors (Lipinski definition) is 2. The van der Waals surface area contributed by atoms with Crippen molar-refractivity contribution in [3.05, 3.63) is 52.9 Å². The zero-order valence-corrected chi connectivity index (χ0v) is 17.4. The predicted molar refractivity (Wildman–Crippen MR) is 106 cm³/mol. The van der Waals surface area contributed by atoms with Crippen molar-refractivity contribution in [1.29, 1.82) is 0 Å². The van der Waals surface area contributed by atoms with Crippen LogP contribution >= 0.6 is 0 Å². The Morgan fingerprint density at radius 1 is 1.30 bits per heavy atom. The molecule has 164 valence electrons. The Kier molecular flexibility index (Phi) is 5.66. The summed E-state index contributed by atoms with van der Waals surface area (Å²) in [6.45, 7) is 1.69. The van der Waals surface area contributed by atoms with E-state index in [2.05, 4.69) is 10.00 Å². The number of benzene rings is 1. The molecule has 1 aromatic carbocycles. The highest BCUT2D eigenvalue weighted by molar-refractivity contribution is 7.89. The van der Waals surface area contributed by atoms with Crippen LogP contribution in [0.2, 0.25) is 0 Å². The van der Waals surface area contributed by atoms with Crippen LogP contribution < -0.4 is 5.73 Å². The van der Waals surface area contributed by atoms with Crippen molar-refractivity contribution < 1.29 is 22.3 Å². The van der Waals surface area contributed by atoms with Gasteiger partial charge in [0.25, 0.3) is 10.0 Å². The summed E-state index contributed by atoms with van der Waals surface area (Å²) in [5, 5.41) is 13.7. The minimum atomic E-state index is -3.43. The lowest BCUT2D eigenvalue weighted by molar-refractivity contribution is 0.0313. The van der Waals surface area contributed by atoms with E-state index < -0.39 is 33.7 Å². The Balaban J connectivity index is 1.54. The second-order valence-electron chi connectivity index (χ2n) is 8.02. The highest BCUT2D eigenvalue weighted by atomic mass is 32.2. The summed E-state index contributed by atoms with van der Waals surface area (Å²) in [6, 6.07) is 2.35. The number of nitrogens with two attached hydrogens (primary N) is 1. The molecule has 0 saturated carbocycles. The third-order valence-corrected chi connectivity index (χ3v) is 6.76. The van der Waals surface area contributed by atoms with Gasteiger partial charge in [-0.15, -0.1) is 0 Å². The Hall–Kier alpha value is -1.92. The molecule has 0 spiro atoms. The monoisotopic (exact) mass is 441 g/mol. The first-order valence-corrected chi connectivity index (χ1v) is 11.6. The first-order chi connectivity index (χ1) is 14.2. The number of likely N-dealkylation sites (tertiary alicyclic amines) is 1. The van der Waals surface area contributed by atoms with Crippen LogP contribution in [0.4, 0.5) is 8.78 Å². The normalized spacial score (nSPS) is 25.6. The van der Waals surface area contributed by atoms with Gasteiger partial charge in [-0.25, -0.2) is 17.2 Å². The third kappa shape index (κ3) is 4.00. The van der Waals surface area contributed by atoms with E-state index in [1.165, 1.54) is 12.3 Å². The summed E-state index contributed by atoms with van der Waals surface area (Å²) < 4.78 is 52.5. The summed E-state index contributed by atoms with van der Waals surface area (Å²) in [4.78, 5) is 4.05. The number of nitrogens with zero attached hydrogens (tertiary/aromatic N) is 4. The highest BCUT2D eigenvalue weighted by Crippen LogP contribution is 2.35. The molecule has 0 aliphatic carbocycles. The van der Waals surface area contributed by atoms with Gasteiger partial charge in [0.05, 0.1) is 24.6 Å². The van der Waals surface area contributed by atoms with Crippen LogP contribution in [0.5, 0.6) is 0 Å². The van der Waals surface area contributed by atoms with Crippen molar-refractivity contribution in [3.63, 3.8) is 0 Å².